The summed E-state index contributed by atoms with van der Waals surface area (Å²) in [7, 11) is 0. The van der Waals surface area contributed by atoms with Crippen molar-refractivity contribution in [2.75, 3.05) is 19.6 Å². The van der Waals surface area contributed by atoms with Crippen LogP contribution in [0.3, 0.4) is 0 Å². The molecule has 0 spiro atoms. The second-order valence-corrected chi connectivity index (χ2v) is 5.77. The van der Waals surface area contributed by atoms with E-state index in [-0.39, 0.29) is 0 Å². The maximum atomic E-state index is 11.1. The maximum Gasteiger partial charge on any atom is 0.335 e. The maximum absolute atomic E-state index is 11.1. The van der Waals surface area contributed by atoms with Crippen molar-refractivity contribution in [3.8, 4) is 0 Å². The monoisotopic (exact) mass is 300 g/mol. The Bertz CT molecular complexity index is 627. The van der Waals surface area contributed by atoms with Gasteiger partial charge < -0.3 is 14.6 Å². The Morgan fingerprint density at radius 2 is 2.09 bits per heavy atom. The van der Waals surface area contributed by atoms with E-state index in [2.05, 4.69) is 15.1 Å². The molecule has 1 aromatic carbocycles. The highest BCUT2D eigenvalue weighted by Gasteiger charge is 2.21. The Labute approximate surface area is 129 Å². The van der Waals surface area contributed by atoms with Crippen molar-refractivity contribution in [1.82, 2.24) is 19.7 Å². The molecule has 1 fully saturated rings. The predicted molar refractivity (Wildman–Crippen MR) is 81.8 cm³/mol. The summed E-state index contributed by atoms with van der Waals surface area (Å²) in [5, 5.41) is 16.8. The molecular weight excluding hydrogens is 280 g/mol. The van der Waals surface area contributed by atoms with Crippen molar-refractivity contribution in [1.29, 1.82) is 0 Å². The van der Waals surface area contributed by atoms with Crippen LogP contribution in [0.2, 0.25) is 0 Å². The largest absolute Gasteiger partial charge is 0.478 e. The Balaban J connectivity index is 1.62. The van der Waals surface area contributed by atoms with Gasteiger partial charge in [-0.25, -0.2) is 4.79 Å². The van der Waals surface area contributed by atoms with Gasteiger partial charge in [-0.2, -0.15) is 0 Å². The molecule has 3 rings (SSSR count). The van der Waals surface area contributed by atoms with Gasteiger partial charge >= 0.3 is 5.97 Å². The summed E-state index contributed by atoms with van der Waals surface area (Å²) < 4.78 is 1.98. The van der Waals surface area contributed by atoms with Gasteiger partial charge in [-0.1, -0.05) is 12.1 Å². The Morgan fingerprint density at radius 1 is 1.27 bits per heavy atom. The van der Waals surface area contributed by atoms with Crippen molar-refractivity contribution < 1.29 is 9.90 Å². The Morgan fingerprint density at radius 3 is 2.86 bits per heavy atom. The third kappa shape index (κ3) is 3.51. The summed E-state index contributed by atoms with van der Waals surface area (Å²) in [6, 6.07) is 7.35. The van der Waals surface area contributed by atoms with Crippen LogP contribution in [0.1, 0.15) is 34.7 Å². The summed E-state index contributed by atoms with van der Waals surface area (Å²) in [5.41, 5.74) is 1.51. The molecule has 1 aromatic heterocycles. The van der Waals surface area contributed by atoms with Gasteiger partial charge in [0.1, 0.15) is 12.7 Å². The van der Waals surface area contributed by atoms with E-state index in [0.29, 0.717) is 11.5 Å². The third-order valence-corrected chi connectivity index (χ3v) is 4.25. The van der Waals surface area contributed by atoms with Crippen LogP contribution in [0.4, 0.5) is 0 Å². The molecule has 0 bridgehead atoms. The number of aromatic nitrogens is 3. The van der Waals surface area contributed by atoms with E-state index < -0.39 is 5.97 Å². The number of aromatic carboxylic acids is 1. The standard InChI is InChI=1S/C16H20N4O2/c21-16(22)14-4-1-3-13(9-14)15-5-2-6-19(10-15)7-8-20-11-17-18-12-20/h1,3-4,9,11-12,15H,2,5-8,10H2,(H,21,22). The Kier molecular flexibility index (Phi) is 4.48. The van der Waals surface area contributed by atoms with Gasteiger partial charge in [-0.15, -0.1) is 10.2 Å². The van der Waals surface area contributed by atoms with Gasteiger partial charge in [0.05, 0.1) is 5.56 Å². The van der Waals surface area contributed by atoms with Gasteiger partial charge in [-0.3, -0.25) is 0 Å². The molecule has 0 amide bonds. The van der Waals surface area contributed by atoms with Crippen molar-refractivity contribution in [2.45, 2.75) is 25.3 Å². The molecule has 0 radical (unpaired) electrons. The SMILES string of the molecule is O=C(O)c1cccc(C2CCCN(CCn3cnnc3)C2)c1. The van der Waals surface area contributed by atoms with E-state index in [0.717, 1.165) is 44.6 Å². The third-order valence-electron chi connectivity index (χ3n) is 4.25. The van der Waals surface area contributed by atoms with Gasteiger partial charge in [0, 0.05) is 19.6 Å². The number of carbonyl (C=O) groups is 1. The molecule has 116 valence electrons. The number of likely N-dealkylation sites (tertiary alicyclic amines) is 1. The van der Waals surface area contributed by atoms with Crippen LogP contribution < -0.4 is 0 Å². The highest BCUT2D eigenvalue weighted by Crippen LogP contribution is 2.27. The van der Waals surface area contributed by atoms with Crippen LogP contribution in [-0.4, -0.2) is 50.4 Å². The highest BCUT2D eigenvalue weighted by atomic mass is 16.4. The first-order chi connectivity index (χ1) is 10.7. The van der Waals surface area contributed by atoms with E-state index in [1.165, 1.54) is 0 Å². The summed E-state index contributed by atoms with van der Waals surface area (Å²) in [4.78, 5) is 13.5. The molecule has 0 aliphatic carbocycles. The average Bonchev–Trinajstić information content (AvgIpc) is 3.07. The minimum absolute atomic E-state index is 0.374. The lowest BCUT2D eigenvalue weighted by molar-refractivity contribution is 0.0696. The lowest BCUT2D eigenvalue weighted by Crippen LogP contribution is -2.36. The first-order valence-corrected chi connectivity index (χ1v) is 7.60. The smallest absolute Gasteiger partial charge is 0.335 e. The van der Waals surface area contributed by atoms with Crippen LogP contribution in [0.5, 0.6) is 0 Å². The van der Waals surface area contributed by atoms with Gasteiger partial charge in [0.2, 0.25) is 0 Å². The molecule has 2 heterocycles. The number of carboxylic acids is 1. The summed E-state index contributed by atoms with van der Waals surface area (Å²) in [5.74, 6) is -0.448. The van der Waals surface area contributed by atoms with Crippen LogP contribution in [0.15, 0.2) is 36.9 Å². The molecule has 1 unspecified atom stereocenters. The number of hydrogen-bond donors (Lipinski definition) is 1. The highest BCUT2D eigenvalue weighted by molar-refractivity contribution is 5.87. The second kappa shape index (κ2) is 6.70. The fourth-order valence-corrected chi connectivity index (χ4v) is 3.05. The molecule has 1 aliphatic heterocycles. The molecular formula is C16H20N4O2. The summed E-state index contributed by atoms with van der Waals surface area (Å²) >= 11 is 0. The first kappa shape index (κ1) is 14.7. The van der Waals surface area contributed by atoms with Crippen molar-refractivity contribution in [3.63, 3.8) is 0 Å². The topological polar surface area (TPSA) is 71.2 Å². The van der Waals surface area contributed by atoms with Crippen LogP contribution in [0.25, 0.3) is 0 Å². The minimum atomic E-state index is -0.859. The van der Waals surface area contributed by atoms with Crippen molar-refractivity contribution >= 4 is 5.97 Å². The quantitative estimate of drug-likeness (QED) is 0.912. The fraction of sp³-hybridized carbons (Fsp3) is 0.438. The number of piperidine rings is 1. The normalized spacial score (nSPS) is 19.2. The molecule has 2 aromatic rings. The molecule has 22 heavy (non-hydrogen) atoms. The molecule has 0 saturated carbocycles. The number of nitrogens with zero attached hydrogens (tertiary/aromatic N) is 4. The van der Waals surface area contributed by atoms with Gasteiger partial charge in [0.15, 0.2) is 0 Å². The zero-order chi connectivity index (χ0) is 15.4. The number of hydrogen-bond acceptors (Lipinski definition) is 4. The molecule has 6 heteroatoms. The van der Waals surface area contributed by atoms with Crippen molar-refractivity contribution in [2.24, 2.45) is 0 Å². The lowest BCUT2D eigenvalue weighted by Gasteiger charge is -2.33. The lowest BCUT2D eigenvalue weighted by atomic mass is 9.89. The Hall–Kier alpha value is -2.21. The zero-order valence-corrected chi connectivity index (χ0v) is 12.4. The number of rotatable bonds is 5. The molecule has 1 aliphatic rings. The molecule has 1 saturated heterocycles. The molecule has 1 N–H and O–H groups in total. The zero-order valence-electron chi connectivity index (χ0n) is 12.4. The molecule has 1 atom stereocenters. The minimum Gasteiger partial charge on any atom is -0.478 e. The van der Waals surface area contributed by atoms with E-state index in [9.17, 15) is 4.79 Å². The van der Waals surface area contributed by atoms with E-state index in [1.54, 1.807) is 18.7 Å². The summed E-state index contributed by atoms with van der Waals surface area (Å²) in [6.07, 6.45) is 5.73. The summed E-state index contributed by atoms with van der Waals surface area (Å²) in [6.45, 7) is 3.92. The fourth-order valence-electron chi connectivity index (χ4n) is 3.05. The van der Waals surface area contributed by atoms with Gasteiger partial charge in [-0.05, 0) is 43.0 Å². The van der Waals surface area contributed by atoms with Crippen LogP contribution >= 0.6 is 0 Å². The average molecular weight is 300 g/mol. The van der Waals surface area contributed by atoms with Crippen molar-refractivity contribution in [3.05, 3.63) is 48.0 Å². The van der Waals surface area contributed by atoms with Gasteiger partial charge in [0.25, 0.3) is 0 Å². The van der Waals surface area contributed by atoms with Crippen LogP contribution in [0, 0.1) is 0 Å². The van der Waals surface area contributed by atoms with E-state index in [4.69, 9.17) is 5.11 Å². The van der Waals surface area contributed by atoms with E-state index >= 15 is 0 Å². The van der Waals surface area contributed by atoms with E-state index in [1.807, 2.05) is 22.8 Å². The number of carboxylic acid groups (broad SMARTS) is 1. The van der Waals surface area contributed by atoms with Crippen LogP contribution in [-0.2, 0) is 6.54 Å². The number of benzene rings is 1. The predicted octanol–water partition coefficient (Wildman–Crippen LogP) is 1.86. The first-order valence-electron chi connectivity index (χ1n) is 7.60. The second-order valence-electron chi connectivity index (χ2n) is 5.77. The molecule has 6 nitrogen and oxygen atoms in total.